The van der Waals surface area contributed by atoms with Gasteiger partial charge in [0, 0.05) is 38.8 Å². The van der Waals surface area contributed by atoms with Gasteiger partial charge in [-0.1, -0.05) is 19.8 Å². The van der Waals surface area contributed by atoms with Gasteiger partial charge in [-0.3, -0.25) is 4.79 Å². The number of unbranched alkanes of at least 4 members (excludes halogenated alkanes) is 1. The van der Waals surface area contributed by atoms with E-state index in [0.717, 1.165) is 51.6 Å². The van der Waals surface area contributed by atoms with E-state index in [0.29, 0.717) is 11.7 Å². The molecule has 2 saturated heterocycles. The highest BCUT2D eigenvalue weighted by Gasteiger charge is 2.27. The summed E-state index contributed by atoms with van der Waals surface area (Å²) >= 11 is 0. The van der Waals surface area contributed by atoms with Gasteiger partial charge < -0.3 is 9.47 Å². The van der Waals surface area contributed by atoms with Gasteiger partial charge in [0.1, 0.15) is 5.78 Å². The number of rotatable bonds is 6. The van der Waals surface area contributed by atoms with Crippen molar-refractivity contribution in [1.29, 1.82) is 0 Å². The van der Waals surface area contributed by atoms with E-state index >= 15 is 0 Å². The van der Waals surface area contributed by atoms with Crippen LogP contribution >= 0.6 is 0 Å². The number of Topliss-reactive ketones (excluding diaryl/α,β-unsaturated/α-hetero) is 1. The van der Waals surface area contributed by atoms with Crippen LogP contribution in [0.2, 0.25) is 0 Å². The highest BCUT2D eigenvalue weighted by molar-refractivity contribution is 5.81. The third-order valence-corrected chi connectivity index (χ3v) is 4.68. The lowest BCUT2D eigenvalue weighted by atomic mass is 9.84. The zero-order valence-corrected chi connectivity index (χ0v) is 12.2. The summed E-state index contributed by atoms with van der Waals surface area (Å²) in [6.45, 7) is 5.54. The first kappa shape index (κ1) is 15.0. The first-order chi connectivity index (χ1) is 9.27. The minimum absolute atomic E-state index is 0.261. The van der Waals surface area contributed by atoms with E-state index in [4.69, 9.17) is 9.47 Å². The van der Waals surface area contributed by atoms with E-state index in [1.807, 2.05) is 0 Å². The van der Waals surface area contributed by atoms with Crippen molar-refractivity contribution in [2.45, 2.75) is 51.9 Å². The van der Waals surface area contributed by atoms with Gasteiger partial charge in [0.2, 0.25) is 0 Å². The molecule has 0 spiro atoms. The molecule has 2 fully saturated rings. The molecule has 0 amide bonds. The average molecular weight is 268 g/mol. The lowest BCUT2D eigenvalue weighted by Crippen LogP contribution is -2.31. The van der Waals surface area contributed by atoms with Crippen LogP contribution in [0.15, 0.2) is 0 Å². The molecule has 3 heteroatoms. The molecule has 2 atom stereocenters. The second-order valence-corrected chi connectivity index (χ2v) is 6.22. The van der Waals surface area contributed by atoms with Crippen LogP contribution in [0.25, 0.3) is 0 Å². The summed E-state index contributed by atoms with van der Waals surface area (Å²) in [5.41, 5.74) is 0. The molecule has 0 bridgehead atoms. The van der Waals surface area contributed by atoms with Crippen LogP contribution in [0.4, 0.5) is 0 Å². The zero-order chi connectivity index (χ0) is 13.5. The van der Waals surface area contributed by atoms with Crippen LogP contribution in [0, 0.1) is 17.8 Å². The third kappa shape index (κ3) is 4.88. The fraction of sp³-hybridized carbons (Fsp3) is 0.938. The van der Waals surface area contributed by atoms with Crippen LogP contribution < -0.4 is 0 Å². The third-order valence-electron chi connectivity index (χ3n) is 4.68. The molecule has 0 saturated carbocycles. The Kier molecular flexibility index (Phi) is 6.32. The molecule has 2 rings (SSSR count). The van der Waals surface area contributed by atoms with Crippen molar-refractivity contribution in [3.8, 4) is 0 Å². The first-order valence-corrected chi connectivity index (χ1v) is 7.95. The van der Waals surface area contributed by atoms with Crippen molar-refractivity contribution in [3.63, 3.8) is 0 Å². The topological polar surface area (TPSA) is 35.5 Å². The van der Waals surface area contributed by atoms with Gasteiger partial charge in [0.25, 0.3) is 0 Å². The van der Waals surface area contributed by atoms with Gasteiger partial charge in [0.05, 0.1) is 0 Å². The van der Waals surface area contributed by atoms with Crippen molar-refractivity contribution < 1.29 is 14.3 Å². The average Bonchev–Trinajstić information content (AvgIpc) is 2.45. The van der Waals surface area contributed by atoms with E-state index < -0.39 is 0 Å². The maximum Gasteiger partial charge on any atom is 0.136 e. The van der Waals surface area contributed by atoms with Gasteiger partial charge in [-0.25, -0.2) is 0 Å². The number of hydrogen-bond acceptors (Lipinski definition) is 3. The molecule has 2 heterocycles. The Morgan fingerprint density at radius 2 is 1.79 bits per heavy atom. The molecule has 0 aliphatic carbocycles. The van der Waals surface area contributed by atoms with E-state index in [1.54, 1.807) is 0 Å². The highest BCUT2D eigenvalue weighted by atomic mass is 16.5. The molecule has 0 N–H and O–H groups in total. The van der Waals surface area contributed by atoms with Crippen LogP contribution in [-0.4, -0.2) is 32.2 Å². The maximum absolute atomic E-state index is 12.2. The summed E-state index contributed by atoms with van der Waals surface area (Å²) in [6, 6.07) is 0. The lowest BCUT2D eigenvalue weighted by molar-refractivity contribution is -0.128. The lowest BCUT2D eigenvalue weighted by Gasteiger charge is -2.27. The minimum Gasteiger partial charge on any atom is -0.381 e. The molecule has 0 aromatic carbocycles. The summed E-state index contributed by atoms with van der Waals surface area (Å²) in [7, 11) is 0. The van der Waals surface area contributed by atoms with Crippen LogP contribution in [0.5, 0.6) is 0 Å². The quantitative estimate of drug-likeness (QED) is 0.694. The predicted octanol–water partition coefficient (Wildman–Crippen LogP) is 3.22. The van der Waals surface area contributed by atoms with Crippen LogP contribution in [0.3, 0.4) is 0 Å². The molecular formula is C16H28O3. The van der Waals surface area contributed by atoms with Gasteiger partial charge in [-0.15, -0.1) is 0 Å². The molecule has 19 heavy (non-hydrogen) atoms. The number of hydrogen-bond donors (Lipinski definition) is 0. The van der Waals surface area contributed by atoms with Gasteiger partial charge >= 0.3 is 0 Å². The van der Waals surface area contributed by atoms with E-state index in [9.17, 15) is 4.79 Å². The monoisotopic (exact) mass is 268 g/mol. The Hall–Kier alpha value is -0.410. The normalized spacial score (nSPS) is 29.3. The molecule has 0 aromatic heterocycles. The SMILES string of the molecule is CC1COCCC1C(=O)CCCCC1CCOCC1. The van der Waals surface area contributed by atoms with Crippen molar-refractivity contribution in [2.24, 2.45) is 17.8 Å². The van der Waals surface area contributed by atoms with Crippen molar-refractivity contribution in [2.75, 3.05) is 26.4 Å². The van der Waals surface area contributed by atoms with Gasteiger partial charge in [-0.05, 0) is 37.5 Å². The minimum atomic E-state index is 0.261. The Morgan fingerprint density at radius 1 is 1.05 bits per heavy atom. The van der Waals surface area contributed by atoms with E-state index in [2.05, 4.69) is 6.92 Å². The largest absolute Gasteiger partial charge is 0.381 e. The Bertz CT molecular complexity index is 271. The molecule has 0 aromatic rings. The Morgan fingerprint density at radius 3 is 2.53 bits per heavy atom. The summed E-state index contributed by atoms with van der Waals surface area (Å²) in [6.07, 6.45) is 7.68. The van der Waals surface area contributed by atoms with Crippen molar-refractivity contribution >= 4 is 5.78 Å². The first-order valence-electron chi connectivity index (χ1n) is 7.95. The van der Waals surface area contributed by atoms with Crippen LogP contribution in [-0.2, 0) is 14.3 Å². The smallest absolute Gasteiger partial charge is 0.136 e. The summed E-state index contributed by atoms with van der Waals surface area (Å²) in [4.78, 5) is 12.2. The second kappa shape index (κ2) is 8.01. The Labute approximate surface area is 117 Å². The maximum atomic E-state index is 12.2. The molecule has 110 valence electrons. The summed E-state index contributed by atoms with van der Waals surface area (Å²) in [5.74, 6) is 1.99. The van der Waals surface area contributed by atoms with Crippen LogP contribution in [0.1, 0.15) is 51.9 Å². The fourth-order valence-electron chi connectivity index (χ4n) is 3.31. The standard InChI is InChI=1S/C16H28O3/c1-13-12-19-11-8-15(13)16(17)5-3-2-4-14-6-9-18-10-7-14/h13-15H,2-12H2,1H3. The molecule has 2 aliphatic heterocycles. The highest BCUT2D eigenvalue weighted by Crippen LogP contribution is 2.25. The van der Waals surface area contributed by atoms with Crippen molar-refractivity contribution in [1.82, 2.24) is 0 Å². The van der Waals surface area contributed by atoms with Crippen molar-refractivity contribution in [3.05, 3.63) is 0 Å². The zero-order valence-electron chi connectivity index (χ0n) is 12.2. The number of carbonyl (C=O) groups excluding carboxylic acids is 1. The predicted molar refractivity (Wildman–Crippen MR) is 75.1 cm³/mol. The molecule has 0 radical (unpaired) electrons. The molecular weight excluding hydrogens is 240 g/mol. The number of ether oxygens (including phenoxy) is 2. The summed E-state index contributed by atoms with van der Waals surface area (Å²) in [5, 5.41) is 0. The fourth-order valence-corrected chi connectivity index (χ4v) is 3.31. The second-order valence-electron chi connectivity index (χ2n) is 6.22. The Balaban J connectivity index is 1.58. The van der Waals surface area contributed by atoms with Gasteiger partial charge in [-0.2, -0.15) is 0 Å². The molecule has 2 unspecified atom stereocenters. The van der Waals surface area contributed by atoms with E-state index in [-0.39, 0.29) is 5.92 Å². The molecule has 3 nitrogen and oxygen atoms in total. The van der Waals surface area contributed by atoms with E-state index in [1.165, 1.54) is 25.7 Å². The number of ketones is 1. The van der Waals surface area contributed by atoms with Gasteiger partial charge in [0.15, 0.2) is 0 Å². The number of carbonyl (C=O) groups is 1. The molecule has 2 aliphatic rings. The summed E-state index contributed by atoms with van der Waals surface area (Å²) < 4.78 is 10.8.